The number of nitrogens with one attached hydrogen (secondary N) is 1. The zero-order chi connectivity index (χ0) is 22.3. The van der Waals surface area contributed by atoms with Crippen LogP contribution in [0.5, 0.6) is 0 Å². The van der Waals surface area contributed by atoms with Gasteiger partial charge in [0, 0.05) is 14.2 Å². The van der Waals surface area contributed by atoms with Crippen LogP contribution in [0, 0.1) is 0 Å². The van der Waals surface area contributed by atoms with Crippen LogP contribution >= 0.6 is 6.72 Å². The van der Waals surface area contributed by atoms with Crippen molar-refractivity contribution >= 4 is 35.6 Å². The van der Waals surface area contributed by atoms with Crippen molar-refractivity contribution in [1.82, 2.24) is 19.5 Å². The maximum Gasteiger partial charge on any atom is 0.324 e. The second-order valence-electron chi connectivity index (χ2n) is 6.32. The van der Waals surface area contributed by atoms with Gasteiger partial charge in [0.25, 0.3) is 5.56 Å². The number of anilines is 1. The van der Waals surface area contributed by atoms with E-state index in [-0.39, 0.29) is 23.7 Å². The summed E-state index contributed by atoms with van der Waals surface area (Å²) in [7, 11) is 2.84. The minimum Gasteiger partial charge on any atom is -0.382 e. The van der Waals surface area contributed by atoms with Crippen LogP contribution in [-0.4, -0.2) is 70.7 Å². The first kappa shape index (κ1) is 24.8. The predicted octanol–water partition coefficient (Wildman–Crippen LogP) is 0.927. The molecular weight excluding hydrogens is 437 g/mol. The molecule has 0 spiro atoms. The molecule has 0 saturated carbocycles. The minimum atomic E-state index is -3.46. The smallest absolute Gasteiger partial charge is 0.324 e. The van der Waals surface area contributed by atoms with E-state index in [1.165, 1.54) is 13.4 Å². The number of rotatable bonds is 13. The maximum absolute atomic E-state index is 12.0. The number of hydrogen-bond acceptors (Lipinski definition) is 10. The fourth-order valence-corrected chi connectivity index (χ4v) is 3.69. The number of aromatic nitrogens is 4. The summed E-state index contributed by atoms with van der Waals surface area (Å²) in [6, 6.07) is 0. The molecule has 0 amide bonds. The highest BCUT2D eigenvalue weighted by molar-refractivity contribution is 8.07. The highest BCUT2D eigenvalue weighted by Gasteiger charge is 2.30. The summed E-state index contributed by atoms with van der Waals surface area (Å²) in [5.41, 5.74) is 5.64. The van der Waals surface area contributed by atoms with Gasteiger partial charge >= 0.3 is 6.72 Å². The van der Waals surface area contributed by atoms with Crippen molar-refractivity contribution in [3.63, 3.8) is 0 Å². The molecule has 0 aliphatic carbocycles. The van der Waals surface area contributed by atoms with Crippen molar-refractivity contribution in [3.8, 4) is 0 Å². The van der Waals surface area contributed by atoms with Gasteiger partial charge in [-0.3, -0.25) is 14.3 Å². The SMILES string of the molecule is CC[C@H](OC(C)n1cnc2c(=O)[nH]c(N)nc21)C(COCCOC)OP(O)(=S)OC. The van der Waals surface area contributed by atoms with Gasteiger partial charge in [-0.2, -0.15) is 4.98 Å². The van der Waals surface area contributed by atoms with Crippen molar-refractivity contribution < 1.29 is 28.2 Å². The predicted molar refractivity (Wildman–Crippen MR) is 114 cm³/mol. The number of nitrogens with zero attached hydrogens (tertiary/aromatic N) is 3. The van der Waals surface area contributed by atoms with Crippen molar-refractivity contribution in [2.45, 2.75) is 38.7 Å². The second-order valence-corrected chi connectivity index (χ2v) is 9.22. The largest absolute Gasteiger partial charge is 0.382 e. The summed E-state index contributed by atoms with van der Waals surface area (Å²) in [4.78, 5) is 32.7. The van der Waals surface area contributed by atoms with Gasteiger partial charge in [-0.05, 0) is 25.2 Å². The van der Waals surface area contributed by atoms with Gasteiger partial charge in [0.05, 0.1) is 32.3 Å². The Labute approximate surface area is 178 Å². The maximum atomic E-state index is 12.0. The van der Waals surface area contributed by atoms with Gasteiger partial charge in [-0.1, -0.05) is 6.92 Å². The van der Waals surface area contributed by atoms with Crippen LogP contribution in [0.15, 0.2) is 11.1 Å². The van der Waals surface area contributed by atoms with E-state index in [2.05, 4.69) is 15.0 Å². The summed E-state index contributed by atoms with van der Waals surface area (Å²) in [5.74, 6) is -0.0256. The van der Waals surface area contributed by atoms with Crippen LogP contribution in [0.25, 0.3) is 11.2 Å². The Morgan fingerprint density at radius 2 is 2.10 bits per heavy atom. The first-order valence-electron chi connectivity index (χ1n) is 9.23. The molecule has 0 aliphatic heterocycles. The fraction of sp³-hybridized carbons (Fsp3) is 0.688. The van der Waals surface area contributed by atoms with E-state index in [0.29, 0.717) is 19.6 Å². The standard InChI is InChI=1S/C16H28N5O7PS/c1-5-11(12(8-26-7-6-24-3)28-29(23,30)25-4)27-10(2)21-9-18-13-14(21)19-16(17)20-15(13)22/h9-12H,5-8H2,1-4H3,(H,23,30)(H3,17,19,20,22)/t10?,11-,12?,29?/m0/s1. The number of fused-ring (bicyclic) bond motifs is 1. The average molecular weight is 465 g/mol. The van der Waals surface area contributed by atoms with Crippen molar-refractivity contribution in [2.24, 2.45) is 0 Å². The van der Waals surface area contributed by atoms with E-state index < -0.39 is 30.7 Å². The summed E-state index contributed by atoms with van der Waals surface area (Å²) >= 11 is 4.98. The van der Waals surface area contributed by atoms with E-state index in [9.17, 15) is 9.69 Å². The Bertz CT molecular complexity index is 923. The third-order valence-electron chi connectivity index (χ3n) is 4.24. The Morgan fingerprint density at radius 1 is 1.37 bits per heavy atom. The lowest BCUT2D eigenvalue weighted by atomic mass is 10.1. The number of nitrogens with two attached hydrogens (primary N) is 1. The molecule has 0 bridgehead atoms. The molecule has 12 nitrogen and oxygen atoms in total. The highest BCUT2D eigenvalue weighted by Crippen LogP contribution is 2.45. The molecule has 2 rings (SSSR count). The average Bonchev–Trinajstić information content (AvgIpc) is 3.12. The Balaban J connectivity index is 2.21. The summed E-state index contributed by atoms with van der Waals surface area (Å²) in [6.07, 6.45) is 0.146. The number of aromatic amines is 1. The van der Waals surface area contributed by atoms with Gasteiger partial charge in [0.2, 0.25) is 5.95 Å². The van der Waals surface area contributed by atoms with E-state index in [1.54, 1.807) is 18.6 Å². The summed E-state index contributed by atoms with van der Waals surface area (Å²) in [6.45, 7) is 1.04. The number of H-pyrrole nitrogens is 1. The lowest BCUT2D eigenvalue weighted by Crippen LogP contribution is -2.36. The minimum absolute atomic E-state index is 0.0256. The van der Waals surface area contributed by atoms with Crippen LogP contribution in [0.3, 0.4) is 0 Å². The van der Waals surface area contributed by atoms with E-state index in [0.717, 1.165) is 0 Å². The molecule has 3 unspecified atom stereocenters. The summed E-state index contributed by atoms with van der Waals surface area (Å²) in [5, 5.41) is 0. The van der Waals surface area contributed by atoms with Gasteiger partial charge < -0.3 is 33.9 Å². The fourth-order valence-electron chi connectivity index (χ4n) is 2.74. The quantitative estimate of drug-likeness (QED) is 0.286. The van der Waals surface area contributed by atoms with Crippen LogP contribution in [0.4, 0.5) is 5.95 Å². The first-order valence-corrected chi connectivity index (χ1v) is 11.8. The Hall–Kier alpha value is -1.44. The third-order valence-corrected chi connectivity index (χ3v) is 5.95. The van der Waals surface area contributed by atoms with E-state index >= 15 is 0 Å². The van der Waals surface area contributed by atoms with Crippen LogP contribution in [0.1, 0.15) is 26.5 Å². The molecule has 0 aromatic carbocycles. The van der Waals surface area contributed by atoms with E-state index in [1.807, 2.05) is 6.92 Å². The number of ether oxygens (including phenoxy) is 3. The molecule has 0 fully saturated rings. The molecule has 0 radical (unpaired) electrons. The normalized spacial score (nSPS) is 17.0. The third kappa shape index (κ3) is 6.53. The molecule has 0 aliphatic rings. The number of imidazole rings is 1. The van der Waals surface area contributed by atoms with Crippen molar-refractivity contribution in [1.29, 1.82) is 0 Å². The molecule has 2 aromatic rings. The molecule has 4 atom stereocenters. The monoisotopic (exact) mass is 465 g/mol. The van der Waals surface area contributed by atoms with Gasteiger partial charge in [-0.25, -0.2) is 4.98 Å². The lowest BCUT2D eigenvalue weighted by molar-refractivity contribution is -0.113. The van der Waals surface area contributed by atoms with E-state index in [4.69, 9.17) is 40.8 Å². The van der Waals surface area contributed by atoms with Gasteiger partial charge in [-0.15, -0.1) is 0 Å². The van der Waals surface area contributed by atoms with Crippen molar-refractivity contribution in [3.05, 3.63) is 16.7 Å². The zero-order valence-electron chi connectivity index (χ0n) is 17.3. The Kier molecular flexibility index (Phi) is 9.31. The Morgan fingerprint density at radius 3 is 2.73 bits per heavy atom. The number of nitrogen functional groups attached to an aromatic ring is 1. The molecule has 14 heteroatoms. The van der Waals surface area contributed by atoms with Crippen LogP contribution < -0.4 is 11.3 Å². The van der Waals surface area contributed by atoms with Gasteiger partial charge in [0.1, 0.15) is 12.3 Å². The number of methoxy groups -OCH3 is 1. The molecule has 2 heterocycles. The zero-order valence-corrected chi connectivity index (χ0v) is 19.0. The van der Waals surface area contributed by atoms with Gasteiger partial charge in [0.15, 0.2) is 11.2 Å². The molecule has 170 valence electrons. The molecule has 0 saturated heterocycles. The van der Waals surface area contributed by atoms with Crippen LogP contribution in [-0.2, 0) is 35.1 Å². The molecule has 4 N–H and O–H groups in total. The molecule has 30 heavy (non-hydrogen) atoms. The molecular formula is C16H28N5O7PS. The second kappa shape index (κ2) is 11.3. The first-order chi connectivity index (χ1) is 14.2. The molecule has 2 aromatic heterocycles. The topological polar surface area (TPSA) is 156 Å². The van der Waals surface area contributed by atoms with Crippen molar-refractivity contribution in [2.75, 3.05) is 39.8 Å². The lowest BCUT2D eigenvalue weighted by Gasteiger charge is -2.31. The summed E-state index contributed by atoms with van der Waals surface area (Å²) < 4.78 is 28.8. The van der Waals surface area contributed by atoms with Crippen LogP contribution in [0.2, 0.25) is 0 Å². The highest BCUT2D eigenvalue weighted by atomic mass is 32.5. The number of hydrogen-bond donors (Lipinski definition) is 3.